The van der Waals surface area contributed by atoms with Crippen LogP contribution in [0.2, 0.25) is 0 Å². The highest BCUT2D eigenvalue weighted by molar-refractivity contribution is 4.77. The van der Waals surface area contributed by atoms with E-state index in [-0.39, 0.29) is 0 Å². The normalized spacial score (nSPS) is 19.9. The first kappa shape index (κ1) is 54.3. The summed E-state index contributed by atoms with van der Waals surface area (Å²) >= 11 is 0. The second kappa shape index (κ2) is 41.8. The standard InChI is InChI=1S/C16H32.C15H32.C12H26.C7H16/c1-5-13-9-14(6-2)11-16(8-4)12-15(7-3)10-13;1-6-13(7-2)11-15(10-5)12-14(8-3)9-4;1-4-7-8-9-11-12(6-3)10-5-2;1-3-5-7-6-4-2/h13-16H,5-12H2,1-4H3;13-15H,6-12H2,1-5H3;12H,4-11H2,1-3H3;3-7H2,1-2H3. The summed E-state index contributed by atoms with van der Waals surface area (Å²) in [4.78, 5) is 0. The molecule has 306 valence electrons. The van der Waals surface area contributed by atoms with Crippen LogP contribution in [-0.2, 0) is 0 Å². The van der Waals surface area contributed by atoms with E-state index in [4.69, 9.17) is 0 Å². The zero-order valence-electron chi connectivity index (χ0n) is 38.4. The molecule has 0 saturated heterocycles. The summed E-state index contributed by atoms with van der Waals surface area (Å²) < 4.78 is 0. The third kappa shape index (κ3) is 32.6. The lowest BCUT2D eigenvalue weighted by Crippen LogP contribution is -2.21. The van der Waals surface area contributed by atoms with Crippen LogP contribution in [0.3, 0.4) is 0 Å². The molecule has 1 fully saturated rings. The largest absolute Gasteiger partial charge is 0.0654 e. The van der Waals surface area contributed by atoms with Crippen molar-refractivity contribution in [2.24, 2.45) is 47.3 Å². The van der Waals surface area contributed by atoms with Gasteiger partial charge in [-0.1, -0.05) is 238 Å². The molecule has 1 aliphatic rings. The maximum atomic E-state index is 2.39. The van der Waals surface area contributed by atoms with Gasteiger partial charge in [-0.2, -0.15) is 0 Å². The number of hydrogen-bond acceptors (Lipinski definition) is 0. The first-order valence-electron chi connectivity index (χ1n) is 24.2. The highest BCUT2D eigenvalue weighted by Gasteiger charge is 2.26. The third-order valence-electron chi connectivity index (χ3n) is 13.1. The maximum Gasteiger partial charge on any atom is -0.0412 e. The second-order valence-corrected chi connectivity index (χ2v) is 17.1. The van der Waals surface area contributed by atoms with Crippen LogP contribution < -0.4 is 0 Å². The van der Waals surface area contributed by atoms with Gasteiger partial charge in [0.25, 0.3) is 0 Å². The molecule has 50 heavy (non-hydrogen) atoms. The minimum absolute atomic E-state index is 0.976. The minimum Gasteiger partial charge on any atom is -0.0654 e. The van der Waals surface area contributed by atoms with Crippen LogP contribution in [0, 0.1) is 47.3 Å². The summed E-state index contributed by atoms with van der Waals surface area (Å²) in [6.45, 7) is 32.7. The Morgan fingerprint density at radius 2 is 0.600 bits per heavy atom. The van der Waals surface area contributed by atoms with Crippen LogP contribution in [0.4, 0.5) is 0 Å². The van der Waals surface area contributed by atoms with Gasteiger partial charge in [-0.15, -0.1) is 0 Å². The average Bonchev–Trinajstić information content (AvgIpc) is 3.14. The Labute approximate surface area is 323 Å². The molecule has 1 saturated carbocycles. The van der Waals surface area contributed by atoms with Crippen LogP contribution in [-0.4, -0.2) is 0 Å². The summed E-state index contributed by atoms with van der Waals surface area (Å²) in [5.74, 6) is 8.04. The molecule has 0 aromatic rings. The van der Waals surface area contributed by atoms with Crippen molar-refractivity contribution in [3.05, 3.63) is 0 Å². The van der Waals surface area contributed by atoms with Gasteiger partial charge in [0.2, 0.25) is 0 Å². The number of rotatable bonds is 25. The Bertz CT molecular complexity index is 519. The monoisotopic (exact) mass is 707 g/mol. The zero-order valence-corrected chi connectivity index (χ0v) is 38.4. The fraction of sp³-hybridized carbons (Fsp3) is 1.00. The Kier molecular flexibility index (Phi) is 45.4. The number of hydrogen-bond donors (Lipinski definition) is 0. The Morgan fingerprint density at radius 3 is 0.840 bits per heavy atom. The lowest BCUT2D eigenvalue weighted by Gasteiger charge is -2.33. The fourth-order valence-corrected chi connectivity index (χ4v) is 8.72. The van der Waals surface area contributed by atoms with E-state index < -0.39 is 0 Å². The van der Waals surface area contributed by atoms with Gasteiger partial charge in [0, 0.05) is 0 Å². The second-order valence-electron chi connectivity index (χ2n) is 17.1. The van der Waals surface area contributed by atoms with E-state index >= 15 is 0 Å². The van der Waals surface area contributed by atoms with Crippen molar-refractivity contribution < 1.29 is 0 Å². The Hall–Kier alpha value is 0. The van der Waals surface area contributed by atoms with Crippen molar-refractivity contribution in [1.82, 2.24) is 0 Å². The lowest BCUT2D eigenvalue weighted by molar-refractivity contribution is 0.183. The summed E-state index contributed by atoms with van der Waals surface area (Å²) in [7, 11) is 0. The van der Waals surface area contributed by atoms with Crippen molar-refractivity contribution in [2.75, 3.05) is 0 Å². The van der Waals surface area contributed by atoms with Gasteiger partial charge in [0.05, 0.1) is 0 Å². The first-order valence-corrected chi connectivity index (χ1v) is 24.2. The predicted octanol–water partition coefficient (Wildman–Crippen LogP) is 19.1. The maximum absolute atomic E-state index is 2.39. The first-order chi connectivity index (χ1) is 24.2. The van der Waals surface area contributed by atoms with E-state index in [9.17, 15) is 0 Å². The molecule has 0 bridgehead atoms. The SMILES string of the molecule is CCC(CC)CC(CC)CC(CC)CC.CCC1CC(CC)CC(CC)CC(CC)C1.CCCCCCC.CCCCCCC(CC)CCC. The minimum atomic E-state index is 0.976. The zero-order chi connectivity index (χ0) is 38.4. The van der Waals surface area contributed by atoms with Gasteiger partial charge in [-0.3, -0.25) is 0 Å². The highest BCUT2D eigenvalue weighted by Crippen LogP contribution is 2.38. The molecule has 0 aliphatic heterocycles. The van der Waals surface area contributed by atoms with E-state index in [1.165, 1.54) is 180 Å². The molecule has 0 radical (unpaired) electrons. The summed E-state index contributed by atoms with van der Waals surface area (Å²) in [5, 5.41) is 0. The summed E-state index contributed by atoms with van der Waals surface area (Å²) in [5.41, 5.74) is 0. The van der Waals surface area contributed by atoms with Crippen molar-refractivity contribution in [3.63, 3.8) is 0 Å². The molecule has 0 heteroatoms. The van der Waals surface area contributed by atoms with Gasteiger partial charge < -0.3 is 0 Å². The molecular formula is C50H106. The molecule has 1 aliphatic carbocycles. The molecule has 0 aromatic carbocycles. The Balaban J connectivity index is -0.000000611. The van der Waals surface area contributed by atoms with Crippen LogP contribution in [0.15, 0.2) is 0 Å². The fourth-order valence-electron chi connectivity index (χ4n) is 8.72. The molecule has 1 unspecified atom stereocenters. The smallest absolute Gasteiger partial charge is 0.0412 e. The van der Waals surface area contributed by atoms with E-state index in [1.807, 2.05) is 0 Å². The predicted molar refractivity (Wildman–Crippen MR) is 237 cm³/mol. The van der Waals surface area contributed by atoms with E-state index in [0.29, 0.717) is 0 Å². The van der Waals surface area contributed by atoms with E-state index in [0.717, 1.165) is 47.3 Å². The molecule has 1 atom stereocenters. The van der Waals surface area contributed by atoms with E-state index in [2.05, 4.69) is 96.9 Å². The average molecular weight is 707 g/mol. The summed E-state index contributed by atoms with van der Waals surface area (Å²) in [6, 6.07) is 0. The summed E-state index contributed by atoms with van der Waals surface area (Å²) in [6.07, 6.45) is 39.9. The van der Waals surface area contributed by atoms with Crippen LogP contribution in [0.5, 0.6) is 0 Å². The quantitative estimate of drug-likeness (QED) is 0.0829. The third-order valence-corrected chi connectivity index (χ3v) is 13.1. The molecule has 0 N–H and O–H groups in total. The van der Waals surface area contributed by atoms with Gasteiger partial charge in [0.1, 0.15) is 0 Å². The lowest BCUT2D eigenvalue weighted by atomic mass is 9.72. The van der Waals surface area contributed by atoms with Gasteiger partial charge >= 0.3 is 0 Å². The molecule has 0 nitrogen and oxygen atoms in total. The van der Waals surface area contributed by atoms with Crippen LogP contribution in [0.1, 0.15) is 277 Å². The Morgan fingerprint density at radius 1 is 0.300 bits per heavy atom. The van der Waals surface area contributed by atoms with Crippen LogP contribution >= 0.6 is 0 Å². The van der Waals surface area contributed by atoms with Crippen molar-refractivity contribution in [3.8, 4) is 0 Å². The highest BCUT2D eigenvalue weighted by atomic mass is 14.3. The van der Waals surface area contributed by atoms with E-state index in [1.54, 1.807) is 0 Å². The van der Waals surface area contributed by atoms with Gasteiger partial charge in [-0.25, -0.2) is 0 Å². The molecule has 0 amide bonds. The molecule has 0 spiro atoms. The van der Waals surface area contributed by atoms with Crippen molar-refractivity contribution >= 4 is 0 Å². The molecule has 0 heterocycles. The number of unbranched alkanes of at least 4 members (excludes halogenated alkanes) is 7. The van der Waals surface area contributed by atoms with Gasteiger partial charge in [-0.05, 0) is 85.9 Å². The molecule has 1 rings (SSSR count). The molecular weight excluding hydrogens is 601 g/mol. The topological polar surface area (TPSA) is 0 Å². The van der Waals surface area contributed by atoms with Crippen molar-refractivity contribution in [2.45, 2.75) is 277 Å². The van der Waals surface area contributed by atoms with Crippen molar-refractivity contribution in [1.29, 1.82) is 0 Å². The van der Waals surface area contributed by atoms with Gasteiger partial charge in [0.15, 0.2) is 0 Å². The molecule has 0 aromatic heterocycles. The van der Waals surface area contributed by atoms with Crippen LogP contribution in [0.25, 0.3) is 0 Å².